The second-order valence-corrected chi connectivity index (χ2v) is 10.4. The monoisotopic (exact) mass is 603 g/mol. The molecule has 2 aromatic rings. The number of rotatable bonds is 5. The molecule has 5 rings (SSSR count). The van der Waals surface area contributed by atoms with Crippen LogP contribution in [0.4, 0.5) is 0 Å². The Morgan fingerprint density at radius 1 is 1.18 bits per heavy atom. The van der Waals surface area contributed by atoms with Crippen LogP contribution in [0.2, 0.25) is 0 Å². The van der Waals surface area contributed by atoms with Crippen molar-refractivity contribution in [1.29, 1.82) is 0 Å². The highest BCUT2D eigenvalue weighted by atomic mass is 79.9. The number of methoxy groups -OCH3 is 1. The van der Waals surface area contributed by atoms with Crippen molar-refractivity contribution in [2.45, 2.75) is 49.7 Å². The fourth-order valence-electron chi connectivity index (χ4n) is 5.42. The molecule has 3 aliphatic rings. The lowest BCUT2D eigenvalue weighted by atomic mass is 9.72. The largest absolute Gasteiger partial charge is 0.507 e. The predicted molar refractivity (Wildman–Crippen MR) is 138 cm³/mol. The van der Waals surface area contributed by atoms with E-state index in [4.69, 9.17) is 19.9 Å². The van der Waals surface area contributed by atoms with Crippen molar-refractivity contribution in [3.63, 3.8) is 0 Å². The van der Waals surface area contributed by atoms with E-state index >= 15 is 0 Å². The van der Waals surface area contributed by atoms with E-state index in [1.165, 1.54) is 31.4 Å². The van der Waals surface area contributed by atoms with Crippen LogP contribution in [0.1, 0.15) is 62.4 Å². The molecule has 0 bridgehead atoms. The van der Waals surface area contributed by atoms with Crippen LogP contribution < -0.4 is 10.5 Å². The number of aliphatic hydroxyl groups is 2. The van der Waals surface area contributed by atoms with Gasteiger partial charge in [-0.05, 0) is 13.0 Å². The van der Waals surface area contributed by atoms with Crippen LogP contribution in [0.25, 0.3) is 0 Å². The van der Waals surface area contributed by atoms with E-state index in [2.05, 4.69) is 15.9 Å². The van der Waals surface area contributed by atoms with Crippen molar-refractivity contribution in [1.82, 2.24) is 0 Å². The van der Waals surface area contributed by atoms with E-state index in [0.717, 1.165) is 0 Å². The van der Waals surface area contributed by atoms with E-state index < -0.39 is 76.4 Å². The zero-order valence-corrected chi connectivity index (χ0v) is 22.5. The topological polar surface area (TPSA) is 186 Å². The number of halogens is 1. The SMILES string of the molecule is COc1cccc2c1C(=O)c1c(O)c3c(c(O)c1C2=O)CC(O)(C(=O)CBr)C[C@@H]3OC1=CC(N)C(O)C(C)O1. The van der Waals surface area contributed by atoms with Crippen molar-refractivity contribution in [3.8, 4) is 17.2 Å². The summed E-state index contributed by atoms with van der Waals surface area (Å²) in [6.45, 7) is 1.56. The van der Waals surface area contributed by atoms with Crippen LogP contribution in [0, 0.1) is 0 Å². The number of fused-ring (bicyclic) bond motifs is 3. The molecule has 6 N–H and O–H groups in total. The minimum Gasteiger partial charge on any atom is -0.507 e. The van der Waals surface area contributed by atoms with E-state index in [9.17, 15) is 34.8 Å². The van der Waals surface area contributed by atoms with Gasteiger partial charge in [0.25, 0.3) is 5.95 Å². The Morgan fingerprint density at radius 3 is 2.51 bits per heavy atom. The third kappa shape index (κ3) is 4.09. The van der Waals surface area contributed by atoms with Gasteiger partial charge in [0.2, 0.25) is 5.78 Å². The van der Waals surface area contributed by atoms with Gasteiger partial charge < -0.3 is 40.4 Å². The van der Waals surface area contributed by atoms with E-state index in [1.807, 2.05) is 0 Å². The fraction of sp³-hybridized carbons (Fsp3) is 0.370. The number of hydrogen-bond acceptors (Lipinski definition) is 11. The molecular weight excluding hydrogens is 578 g/mol. The van der Waals surface area contributed by atoms with Crippen LogP contribution in [0.3, 0.4) is 0 Å². The van der Waals surface area contributed by atoms with Crippen LogP contribution in [-0.2, 0) is 20.7 Å². The number of carbonyl (C=O) groups excluding carboxylic acids is 3. The second kappa shape index (κ2) is 9.63. The van der Waals surface area contributed by atoms with Gasteiger partial charge in [-0.15, -0.1) is 0 Å². The van der Waals surface area contributed by atoms with Crippen LogP contribution >= 0.6 is 15.9 Å². The quantitative estimate of drug-likeness (QED) is 0.210. The number of carbonyl (C=O) groups is 3. The summed E-state index contributed by atoms with van der Waals surface area (Å²) in [5.74, 6) is -3.44. The van der Waals surface area contributed by atoms with Crippen molar-refractivity contribution in [2.75, 3.05) is 12.4 Å². The Balaban J connectivity index is 1.72. The molecule has 5 atom stereocenters. The van der Waals surface area contributed by atoms with Gasteiger partial charge in [0.1, 0.15) is 41.2 Å². The lowest BCUT2D eigenvalue weighted by Gasteiger charge is -2.40. The first-order chi connectivity index (χ1) is 18.4. The van der Waals surface area contributed by atoms with E-state index in [-0.39, 0.29) is 45.7 Å². The van der Waals surface area contributed by atoms with Crippen molar-refractivity contribution >= 4 is 33.3 Å². The lowest BCUT2D eigenvalue weighted by molar-refractivity contribution is -0.144. The van der Waals surface area contributed by atoms with Gasteiger partial charge in [0.05, 0.1) is 35.2 Å². The summed E-state index contributed by atoms with van der Waals surface area (Å²) >= 11 is 3.06. The number of phenolic OH excluding ortho intramolecular Hbond substituents is 2. The van der Waals surface area contributed by atoms with Crippen LogP contribution in [-0.4, -0.2) is 74.1 Å². The number of Topliss-reactive ketones (excluding diaryl/α,β-unsaturated/α-hetero) is 1. The Morgan fingerprint density at radius 2 is 1.87 bits per heavy atom. The first-order valence-corrected chi connectivity index (χ1v) is 13.2. The summed E-state index contributed by atoms with van der Waals surface area (Å²) in [7, 11) is 1.33. The number of alkyl halides is 1. The number of ketones is 3. The molecule has 206 valence electrons. The third-order valence-corrected chi connectivity index (χ3v) is 7.99. The second-order valence-electron chi connectivity index (χ2n) is 9.83. The Kier molecular flexibility index (Phi) is 6.70. The lowest BCUT2D eigenvalue weighted by Crippen LogP contribution is -2.47. The van der Waals surface area contributed by atoms with E-state index in [1.54, 1.807) is 6.92 Å². The molecule has 1 aliphatic heterocycles. The average Bonchev–Trinajstić information content (AvgIpc) is 2.90. The Bertz CT molecular complexity index is 1450. The number of benzene rings is 2. The molecule has 0 spiro atoms. The predicted octanol–water partition coefficient (Wildman–Crippen LogP) is 1.53. The molecule has 0 saturated heterocycles. The molecule has 1 heterocycles. The number of aliphatic hydroxyl groups excluding tert-OH is 1. The van der Waals surface area contributed by atoms with Crippen molar-refractivity contribution < 1.29 is 49.0 Å². The van der Waals surface area contributed by atoms with Gasteiger partial charge in [0.15, 0.2) is 11.6 Å². The van der Waals surface area contributed by atoms with Gasteiger partial charge in [-0.3, -0.25) is 14.4 Å². The molecule has 11 nitrogen and oxygen atoms in total. The molecular formula is C27H26BrNO10. The summed E-state index contributed by atoms with van der Waals surface area (Å²) in [6.07, 6.45) is -2.65. The zero-order valence-electron chi connectivity index (χ0n) is 20.9. The first kappa shape index (κ1) is 27.1. The molecule has 0 saturated carbocycles. The molecule has 12 heteroatoms. The molecule has 4 unspecified atom stereocenters. The molecule has 39 heavy (non-hydrogen) atoms. The van der Waals surface area contributed by atoms with Crippen molar-refractivity contribution in [3.05, 3.63) is 63.6 Å². The summed E-state index contributed by atoms with van der Waals surface area (Å²) in [6, 6.07) is 3.55. The maximum atomic E-state index is 13.7. The molecule has 0 amide bonds. The minimum absolute atomic E-state index is 0.0285. The van der Waals surface area contributed by atoms with Crippen LogP contribution in [0.5, 0.6) is 17.2 Å². The molecule has 0 fully saturated rings. The highest BCUT2D eigenvalue weighted by Gasteiger charge is 2.50. The summed E-state index contributed by atoms with van der Waals surface area (Å²) in [5.41, 5.74) is 2.68. The minimum atomic E-state index is -2.06. The van der Waals surface area contributed by atoms with Gasteiger partial charge in [-0.1, -0.05) is 28.1 Å². The summed E-state index contributed by atoms with van der Waals surface area (Å²) < 4.78 is 16.8. The van der Waals surface area contributed by atoms with Gasteiger partial charge >= 0.3 is 0 Å². The highest BCUT2D eigenvalue weighted by Crippen LogP contribution is 2.52. The highest BCUT2D eigenvalue weighted by molar-refractivity contribution is 9.09. The molecule has 2 aromatic carbocycles. The molecule has 0 radical (unpaired) electrons. The molecule has 0 aromatic heterocycles. The number of aromatic hydroxyl groups is 2. The van der Waals surface area contributed by atoms with Crippen molar-refractivity contribution in [2.24, 2.45) is 5.73 Å². The summed E-state index contributed by atoms with van der Waals surface area (Å²) in [4.78, 5) is 40.0. The van der Waals surface area contributed by atoms with E-state index in [0.29, 0.717) is 0 Å². The number of phenols is 2. The third-order valence-electron chi connectivity index (χ3n) is 7.48. The average molecular weight is 604 g/mol. The fourth-order valence-corrected chi connectivity index (χ4v) is 5.95. The maximum absolute atomic E-state index is 13.7. The van der Waals surface area contributed by atoms with Gasteiger partial charge in [-0.25, -0.2) is 0 Å². The number of ether oxygens (including phenoxy) is 3. The Hall–Kier alpha value is -3.45. The van der Waals surface area contributed by atoms with Crippen LogP contribution in [0.15, 0.2) is 30.2 Å². The maximum Gasteiger partial charge on any atom is 0.277 e. The number of nitrogens with two attached hydrogens (primary N) is 1. The van der Waals surface area contributed by atoms with Gasteiger partial charge in [-0.2, -0.15) is 0 Å². The Labute approximate surface area is 230 Å². The normalized spacial score (nSPS) is 27.5. The zero-order chi connectivity index (χ0) is 28.4. The summed E-state index contributed by atoms with van der Waals surface area (Å²) in [5, 5.41) is 44.1. The first-order valence-electron chi connectivity index (χ1n) is 12.1. The number of hydrogen-bond donors (Lipinski definition) is 5. The smallest absolute Gasteiger partial charge is 0.277 e. The molecule has 2 aliphatic carbocycles. The van der Waals surface area contributed by atoms with Gasteiger partial charge in [0, 0.05) is 35.6 Å². The standard InChI is InChI=1S/C27H26BrNO10/c1-10-22(31)13(29)6-17(38-10)39-15-8-27(36,16(30)9-28)7-12-19(15)26(35)21-20(24(12)33)23(32)11-4-3-5-14(37-2)18(11)25(21)34/h3-6,10,13,15,22,31,33,35-36H,7-9,29H2,1-2H3/t10?,13?,15-,22?,27?/m0/s1.